The lowest BCUT2D eigenvalue weighted by Crippen LogP contribution is -2.46. The van der Waals surface area contributed by atoms with E-state index in [0.717, 1.165) is 16.9 Å². The molecule has 2 aromatic rings. The number of benzene rings is 2. The lowest BCUT2D eigenvalue weighted by atomic mass is 9.70. The van der Waals surface area contributed by atoms with Crippen molar-refractivity contribution in [2.24, 2.45) is 0 Å². The van der Waals surface area contributed by atoms with Crippen molar-refractivity contribution in [3.63, 3.8) is 0 Å². The second-order valence-corrected chi connectivity index (χ2v) is 7.18. The average molecular weight is 382 g/mol. The monoisotopic (exact) mass is 382 g/mol. The molecule has 6 nitrogen and oxygen atoms in total. The molecular weight excluding hydrogens is 356 g/mol. The number of amides is 2. The van der Waals surface area contributed by atoms with E-state index in [1.807, 2.05) is 54.6 Å². The molecule has 1 aliphatic heterocycles. The second kappa shape index (κ2) is 8.78. The number of nitrogens with zero attached hydrogens (tertiary/aromatic N) is 1. The SMILES string of the molecule is COc1ccccc1CNC(=O)CC1(c2ccccc2)CCN(C(=O)O)CC1. The zero-order valence-electron chi connectivity index (χ0n) is 16.1. The number of nitrogens with one attached hydrogen (secondary N) is 1. The Kier molecular flexibility index (Phi) is 6.19. The number of carbonyl (C=O) groups is 2. The van der Waals surface area contributed by atoms with E-state index in [-0.39, 0.29) is 11.3 Å². The van der Waals surface area contributed by atoms with E-state index in [1.165, 1.54) is 4.90 Å². The number of hydrogen-bond donors (Lipinski definition) is 2. The molecule has 28 heavy (non-hydrogen) atoms. The zero-order valence-corrected chi connectivity index (χ0v) is 16.1. The molecule has 0 spiro atoms. The van der Waals surface area contributed by atoms with E-state index in [2.05, 4.69) is 5.32 Å². The first-order valence-electron chi connectivity index (χ1n) is 9.46. The highest BCUT2D eigenvalue weighted by Gasteiger charge is 2.39. The number of piperidine rings is 1. The quantitative estimate of drug-likeness (QED) is 0.802. The summed E-state index contributed by atoms with van der Waals surface area (Å²) in [5, 5.41) is 12.3. The van der Waals surface area contributed by atoms with Crippen molar-refractivity contribution in [3.8, 4) is 5.75 Å². The molecule has 148 valence electrons. The summed E-state index contributed by atoms with van der Waals surface area (Å²) in [7, 11) is 1.61. The minimum atomic E-state index is -0.901. The number of methoxy groups -OCH3 is 1. The minimum absolute atomic E-state index is 0.0430. The standard InChI is InChI=1S/C22H26N2O4/c1-28-19-10-6-5-7-17(19)16-23-20(25)15-22(18-8-3-2-4-9-18)11-13-24(14-12-22)21(26)27/h2-10H,11-16H2,1H3,(H,23,25)(H,26,27). The Balaban J connectivity index is 1.71. The van der Waals surface area contributed by atoms with Gasteiger partial charge >= 0.3 is 6.09 Å². The van der Waals surface area contributed by atoms with Gasteiger partial charge in [-0.2, -0.15) is 0 Å². The molecule has 1 heterocycles. The van der Waals surface area contributed by atoms with Crippen LogP contribution in [-0.2, 0) is 16.8 Å². The van der Waals surface area contributed by atoms with Gasteiger partial charge < -0.3 is 20.1 Å². The van der Waals surface area contributed by atoms with Crippen LogP contribution in [0, 0.1) is 0 Å². The Morgan fingerprint density at radius 1 is 1.07 bits per heavy atom. The molecule has 0 radical (unpaired) electrons. The van der Waals surface area contributed by atoms with Gasteiger partial charge in [0.15, 0.2) is 0 Å². The topological polar surface area (TPSA) is 78.9 Å². The molecule has 6 heteroatoms. The largest absolute Gasteiger partial charge is 0.496 e. The number of rotatable bonds is 6. The van der Waals surface area contributed by atoms with E-state index in [4.69, 9.17) is 4.74 Å². The molecule has 0 saturated carbocycles. The summed E-state index contributed by atoms with van der Waals surface area (Å²) < 4.78 is 5.34. The van der Waals surface area contributed by atoms with Gasteiger partial charge in [-0.3, -0.25) is 4.79 Å². The van der Waals surface area contributed by atoms with E-state index < -0.39 is 6.09 Å². The van der Waals surface area contributed by atoms with Crippen LogP contribution in [0.2, 0.25) is 0 Å². The fraction of sp³-hybridized carbons (Fsp3) is 0.364. The molecule has 0 aliphatic carbocycles. The second-order valence-electron chi connectivity index (χ2n) is 7.18. The highest BCUT2D eigenvalue weighted by atomic mass is 16.5. The number of carbonyl (C=O) groups excluding carboxylic acids is 1. The van der Waals surface area contributed by atoms with Crippen molar-refractivity contribution in [2.45, 2.75) is 31.2 Å². The molecular formula is C22H26N2O4. The number of hydrogen-bond acceptors (Lipinski definition) is 3. The smallest absolute Gasteiger partial charge is 0.407 e. The van der Waals surface area contributed by atoms with Gasteiger partial charge in [-0.05, 0) is 24.5 Å². The van der Waals surface area contributed by atoms with Gasteiger partial charge in [0.1, 0.15) is 5.75 Å². The predicted molar refractivity (Wildman–Crippen MR) is 106 cm³/mol. The Labute approximate surface area is 165 Å². The van der Waals surface area contributed by atoms with Crippen LogP contribution in [0.4, 0.5) is 4.79 Å². The normalized spacial score (nSPS) is 15.7. The van der Waals surface area contributed by atoms with Crippen molar-refractivity contribution in [3.05, 3.63) is 65.7 Å². The lowest BCUT2D eigenvalue weighted by molar-refractivity contribution is -0.123. The van der Waals surface area contributed by atoms with Crippen LogP contribution in [0.3, 0.4) is 0 Å². The first-order chi connectivity index (χ1) is 13.5. The van der Waals surface area contributed by atoms with Gasteiger partial charge in [-0.15, -0.1) is 0 Å². The van der Waals surface area contributed by atoms with Gasteiger partial charge in [-0.1, -0.05) is 48.5 Å². The lowest BCUT2D eigenvalue weighted by Gasteiger charge is -2.41. The molecule has 2 aromatic carbocycles. The van der Waals surface area contributed by atoms with Crippen molar-refractivity contribution < 1.29 is 19.4 Å². The van der Waals surface area contributed by atoms with Crippen LogP contribution in [-0.4, -0.2) is 42.2 Å². The Morgan fingerprint density at radius 2 is 1.71 bits per heavy atom. The van der Waals surface area contributed by atoms with Gasteiger partial charge in [0.25, 0.3) is 0 Å². The summed E-state index contributed by atoms with van der Waals surface area (Å²) in [5.74, 6) is 0.703. The molecule has 1 aliphatic rings. The molecule has 2 amide bonds. The predicted octanol–water partition coefficient (Wildman–Crippen LogP) is 3.41. The number of para-hydroxylation sites is 1. The molecule has 3 rings (SSSR count). The Morgan fingerprint density at radius 3 is 2.36 bits per heavy atom. The van der Waals surface area contributed by atoms with E-state index in [9.17, 15) is 14.7 Å². The van der Waals surface area contributed by atoms with Crippen molar-refractivity contribution >= 4 is 12.0 Å². The fourth-order valence-electron chi connectivity index (χ4n) is 3.90. The molecule has 0 bridgehead atoms. The van der Waals surface area contributed by atoms with Crippen LogP contribution in [0.1, 0.15) is 30.4 Å². The summed E-state index contributed by atoms with van der Waals surface area (Å²) in [6, 6.07) is 17.5. The summed E-state index contributed by atoms with van der Waals surface area (Å²) in [6.07, 6.45) is 0.693. The average Bonchev–Trinajstić information content (AvgIpc) is 2.73. The zero-order chi connectivity index (χ0) is 20.0. The molecule has 0 unspecified atom stereocenters. The minimum Gasteiger partial charge on any atom is -0.496 e. The van der Waals surface area contributed by atoms with Gasteiger partial charge in [0.05, 0.1) is 7.11 Å². The van der Waals surface area contributed by atoms with Crippen molar-refractivity contribution in [2.75, 3.05) is 20.2 Å². The van der Waals surface area contributed by atoms with Gasteiger partial charge in [0, 0.05) is 37.0 Å². The van der Waals surface area contributed by atoms with Crippen LogP contribution in [0.15, 0.2) is 54.6 Å². The van der Waals surface area contributed by atoms with Crippen LogP contribution in [0.5, 0.6) is 5.75 Å². The van der Waals surface area contributed by atoms with Crippen LogP contribution < -0.4 is 10.1 Å². The third-order valence-electron chi connectivity index (χ3n) is 5.54. The van der Waals surface area contributed by atoms with Crippen molar-refractivity contribution in [1.82, 2.24) is 10.2 Å². The molecule has 1 fully saturated rings. The fourth-order valence-corrected chi connectivity index (χ4v) is 3.90. The highest BCUT2D eigenvalue weighted by molar-refractivity contribution is 5.78. The summed E-state index contributed by atoms with van der Waals surface area (Å²) in [5.41, 5.74) is 1.67. The number of likely N-dealkylation sites (tertiary alicyclic amines) is 1. The van der Waals surface area contributed by atoms with E-state index >= 15 is 0 Å². The van der Waals surface area contributed by atoms with Gasteiger partial charge in [-0.25, -0.2) is 4.79 Å². The maximum absolute atomic E-state index is 12.8. The summed E-state index contributed by atoms with van der Waals surface area (Å²) in [6.45, 7) is 1.27. The third kappa shape index (κ3) is 4.44. The summed E-state index contributed by atoms with van der Waals surface area (Å²) >= 11 is 0. The Hall–Kier alpha value is -3.02. The first kappa shape index (κ1) is 19.7. The number of carboxylic acid groups (broad SMARTS) is 1. The third-order valence-corrected chi connectivity index (χ3v) is 5.54. The van der Waals surface area contributed by atoms with Gasteiger partial charge in [0.2, 0.25) is 5.91 Å². The number of ether oxygens (including phenoxy) is 1. The highest BCUT2D eigenvalue weighted by Crippen LogP contribution is 2.38. The Bertz CT molecular complexity index is 814. The maximum Gasteiger partial charge on any atom is 0.407 e. The van der Waals surface area contributed by atoms with Crippen molar-refractivity contribution in [1.29, 1.82) is 0 Å². The summed E-state index contributed by atoms with van der Waals surface area (Å²) in [4.78, 5) is 25.5. The molecule has 0 aromatic heterocycles. The van der Waals surface area contributed by atoms with E-state index in [0.29, 0.717) is 38.9 Å². The maximum atomic E-state index is 12.8. The van der Waals surface area contributed by atoms with E-state index in [1.54, 1.807) is 7.11 Å². The molecule has 1 saturated heterocycles. The molecule has 0 atom stereocenters. The molecule has 2 N–H and O–H groups in total. The van der Waals surface area contributed by atoms with Crippen LogP contribution in [0.25, 0.3) is 0 Å². The first-order valence-corrected chi connectivity index (χ1v) is 9.46. The van der Waals surface area contributed by atoms with Crippen LogP contribution >= 0.6 is 0 Å².